The predicted molar refractivity (Wildman–Crippen MR) is 58.8 cm³/mol. The average Bonchev–Trinajstić information content (AvgIpc) is 2.70. The summed E-state index contributed by atoms with van der Waals surface area (Å²) in [7, 11) is 0. The van der Waals surface area contributed by atoms with Gasteiger partial charge in [0.25, 0.3) is 0 Å². The molecule has 0 atom stereocenters. The molecule has 1 fully saturated rings. The minimum Gasteiger partial charge on any atom is -0.478 e. The van der Waals surface area contributed by atoms with E-state index in [1.807, 2.05) is 6.92 Å². The van der Waals surface area contributed by atoms with Gasteiger partial charge in [-0.25, -0.2) is 4.79 Å². The molecule has 86 valence electrons. The van der Waals surface area contributed by atoms with Crippen LogP contribution >= 0.6 is 0 Å². The number of aliphatic carboxylic acids is 1. The lowest BCUT2D eigenvalue weighted by Gasteiger charge is -2.08. The van der Waals surface area contributed by atoms with Crippen LogP contribution in [0, 0.1) is 5.92 Å². The van der Waals surface area contributed by atoms with Gasteiger partial charge in [-0.2, -0.15) is 0 Å². The summed E-state index contributed by atoms with van der Waals surface area (Å²) >= 11 is 0. The van der Waals surface area contributed by atoms with Crippen LogP contribution in [0.2, 0.25) is 0 Å². The Hall–Kier alpha value is -0.830. The molecule has 3 nitrogen and oxygen atoms in total. The minimum absolute atomic E-state index is 0.436. The highest BCUT2D eigenvalue weighted by atomic mass is 16.5. The largest absolute Gasteiger partial charge is 0.478 e. The second-order valence-corrected chi connectivity index (χ2v) is 4.08. The standard InChI is InChI=1S/C12H20O3/c1-2-11(12(13)14)7-8-15-9-10-5-3-4-6-10/h7,10H,2-6,8-9H2,1H3,(H,13,14). The Balaban J connectivity index is 2.16. The topological polar surface area (TPSA) is 46.5 Å². The van der Waals surface area contributed by atoms with Crippen molar-refractivity contribution >= 4 is 5.97 Å². The molecular formula is C12H20O3. The van der Waals surface area contributed by atoms with Crippen molar-refractivity contribution in [3.05, 3.63) is 11.6 Å². The zero-order valence-electron chi connectivity index (χ0n) is 9.37. The van der Waals surface area contributed by atoms with E-state index in [2.05, 4.69) is 0 Å². The first-order valence-electron chi connectivity index (χ1n) is 5.74. The van der Waals surface area contributed by atoms with E-state index in [0.717, 1.165) is 6.61 Å². The van der Waals surface area contributed by atoms with Gasteiger partial charge in [-0.15, -0.1) is 0 Å². The molecule has 0 amide bonds. The van der Waals surface area contributed by atoms with Crippen molar-refractivity contribution in [2.45, 2.75) is 39.0 Å². The van der Waals surface area contributed by atoms with Gasteiger partial charge >= 0.3 is 5.97 Å². The van der Waals surface area contributed by atoms with E-state index in [1.165, 1.54) is 25.7 Å². The Bertz CT molecular complexity index is 227. The fraction of sp³-hybridized carbons (Fsp3) is 0.750. The lowest BCUT2D eigenvalue weighted by atomic mass is 10.1. The highest BCUT2D eigenvalue weighted by Crippen LogP contribution is 2.24. The van der Waals surface area contributed by atoms with E-state index >= 15 is 0 Å². The highest BCUT2D eigenvalue weighted by molar-refractivity contribution is 5.86. The maximum Gasteiger partial charge on any atom is 0.331 e. The van der Waals surface area contributed by atoms with Crippen LogP contribution in [-0.4, -0.2) is 24.3 Å². The van der Waals surface area contributed by atoms with Crippen LogP contribution in [0.1, 0.15) is 39.0 Å². The van der Waals surface area contributed by atoms with Crippen molar-refractivity contribution in [1.82, 2.24) is 0 Å². The van der Waals surface area contributed by atoms with Crippen LogP contribution in [0.5, 0.6) is 0 Å². The summed E-state index contributed by atoms with van der Waals surface area (Å²) in [5.41, 5.74) is 0.446. The molecule has 0 aromatic carbocycles. The maximum atomic E-state index is 10.7. The summed E-state index contributed by atoms with van der Waals surface area (Å²) in [6.07, 6.45) is 7.41. The summed E-state index contributed by atoms with van der Waals surface area (Å²) in [4.78, 5) is 10.7. The van der Waals surface area contributed by atoms with Crippen molar-refractivity contribution in [3.63, 3.8) is 0 Å². The number of hydrogen-bond donors (Lipinski definition) is 1. The lowest BCUT2D eigenvalue weighted by molar-refractivity contribution is -0.132. The molecule has 0 bridgehead atoms. The van der Waals surface area contributed by atoms with Gasteiger partial charge in [0.05, 0.1) is 6.61 Å². The number of hydrogen-bond acceptors (Lipinski definition) is 2. The Morgan fingerprint density at radius 1 is 1.47 bits per heavy atom. The van der Waals surface area contributed by atoms with Crippen molar-refractivity contribution < 1.29 is 14.6 Å². The summed E-state index contributed by atoms with van der Waals surface area (Å²) in [5.74, 6) is -0.129. The van der Waals surface area contributed by atoms with E-state index in [1.54, 1.807) is 6.08 Å². The number of ether oxygens (including phenoxy) is 1. The van der Waals surface area contributed by atoms with Gasteiger partial charge in [0.1, 0.15) is 0 Å². The van der Waals surface area contributed by atoms with Gasteiger partial charge in [0.15, 0.2) is 0 Å². The lowest BCUT2D eigenvalue weighted by Crippen LogP contribution is -2.07. The van der Waals surface area contributed by atoms with Crippen LogP contribution in [0.3, 0.4) is 0 Å². The Kier molecular flexibility index (Phi) is 5.40. The predicted octanol–water partition coefficient (Wildman–Crippen LogP) is 2.61. The van der Waals surface area contributed by atoms with Crippen LogP contribution in [-0.2, 0) is 9.53 Å². The maximum absolute atomic E-state index is 10.7. The molecule has 0 spiro atoms. The van der Waals surface area contributed by atoms with Crippen molar-refractivity contribution in [1.29, 1.82) is 0 Å². The minimum atomic E-state index is -0.832. The van der Waals surface area contributed by atoms with Gasteiger partial charge in [-0.3, -0.25) is 0 Å². The summed E-state index contributed by atoms with van der Waals surface area (Å²) < 4.78 is 5.46. The zero-order chi connectivity index (χ0) is 11.1. The molecule has 0 radical (unpaired) electrons. The van der Waals surface area contributed by atoms with E-state index in [4.69, 9.17) is 9.84 Å². The first kappa shape index (κ1) is 12.2. The van der Waals surface area contributed by atoms with Crippen molar-refractivity contribution in [3.8, 4) is 0 Å². The molecule has 1 N–H and O–H groups in total. The Morgan fingerprint density at radius 2 is 2.13 bits per heavy atom. The van der Waals surface area contributed by atoms with E-state index in [-0.39, 0.29) is 0 Å². The summed E-state index contributed by atoms with van der Waals surface area (Å²) in [5, 5.41) is 8.76. The molecule has 1 aliphatic carbocycles. The molecule has 1 saturated carbocycles. The Morgan fingerprint density at radius 3 is 2.67 bits per heavy atom. The Labute approximate surface area is 91.1 Å². The van der Waals surface area contributed by atoms with Crippen molar-refractivity contribution in [2.24, 2.45) is 5.92 Å². The molecular weight excluding hydrogens is 192 g/mol. The molecule has 0 heterocycles. The molecule has 3 heteroatoms. The fourth-order valence-electron chi connectivity index (χ4n) is 1.95. The molecule has 0 aliphatic heterocycles. The van der Waals surface area contributed by atoms with Gasteiger partial charge in [-0.05, 0) is 31.3 Å². The van der Waals surface area contributed by atoms with Gasteiger partial charge in [-0.1, -0.05) is 19.8 Å². The first-order chi connectivity index (χ1) is 7.24. The first-order valence-corrected chi connectivity index (χ1v) is 5.74. The van der Waals surface area contributed by atoms with Gasteiger partial charge in [0.2, 0.25) is 0 Å². The van der Waals surface area contributed by atoms with Crippen LogP contribution in [0.25, 0.3) is 0 Å². The van der Waals surface area contributed by atoms with Gasteiger partial charge in [0, 0.05) is 12.2 Å². The quantitative estimate of drug-likeness (QED) is 0.544. The van der Waals surface area contributed by atoms with Crippen LogP contribution in [0.15, 0.2) is 11.6 Å². The van der Waals surface area contributed by atoms with Crippen LogP contribution < -0.4 is 0 Å². The molecule has 1 rings (SSSR count). The number of rotatable bonds is 6. The summed E-state index contributed by atoms with van der Waals surface area (Å²) in [6, 6.07) is 0. The summed E-state index contributed by atoms with van der Waals surface area (Å²) in [6.45, 7) is 3.07. The molecule has 0 aromatic rings. The SMILES string of the molecule is CCC(=CCOCC1CCCC1)C(=O)O. The van der Waals surface area contributed by atoms with Crippen LogP contribution in [0.4, 0.5) is 0 Å². The average molecular weight is 212 g/mol. The number of carboxylic acid groups (broad SMARTS) is 1. The number of carbonyl (C=O) groups is 1. The molecule has 0 saturated heterocycles. The smallest absolute Gasteiger partial charge is 0.331 e. The normalized spacial score (nSPS) is 18.3. The van der Waals surface area contributed by atoms with E-state index < -0.39 is 5.97 Å². The highest BCUT2D eigenvalue weighted by Gasteiger charge is 2.14. The zero-order valence-corrected chi connectivity index (χ0v) is 9.37. The fourth-order valence-corrected chi connectivity index (χ4v) is 1.95. The van der Waals surface area contributed by atoms with Gasteiger partial charge < -0.3 is 9.84 Å². The van der Waals surface area contributed by atoms with Crippen molar-refractivity contribution in [2.75, 3.05) is 13.2 Å². The number of carboxylic acids is 1. The van der Waals surface area contributed by atoms with E-state index in [0.29, 0.717) is 24.5 Å². The second kappa shape index (κ2) is 6.62. The molecule has 0 aromatic heterocycles. The monoisotopic (exact) mass is 212 g/mol. The third-order valence-corrected chi connectivity index (χ3v) is 2.93. The van der Waals surface area contributed by atoms with E-state index in [9.17, 15) is 4.79 Å². The molecule has 0 unspecified atom stereocenters. The molecule has 15 heavy (non-hydrogen) atoms. The third kappa shape index (κ3) is 4.47. The third-order valence-electron chi connectivity index (χ3n) is 2.93. The second-order valence-electron chi connectivity index (χ2n) is 4.08. The molecule has 1 aliphatic rings.